The molecule has 35 heavy (non-hydrogen) atoms. The van der Waals surface area contributed by atoms with Crippen LogP contribution in [0.4, 0.5) is 5.69 Å². The zero-order valence-corrected chi connectivity index (χ0v) is 20.3. The highest BCUT2D eigenvalue weighted by Crippen LogP contribution is 2.42. The van der Waals surface area contributed by atoms with Crippen LogP contribution in [0.5, 0.6) is 5.75 Å². The second-order valence-electron chi connectivity index (χ2n) is 9.21. The molecule has 3 aromatic carbocycles. The first-order valence-corrected chi connectivity index (χ1v) is 12.2. The lowest BCUT2D eigenvalue weighted by molar-refractivity contribution is 0.0971. The first-order valence-electron chi connectivity index (χ1n) is 12.2. The molecule has 0 spiro atoms. The minimum absolute atomic E-state index is 0.103. The van der Waals surface area contributed by atoms with Crippen LogP contribution in [0.25, 0.3) is 11.0 Å². The van der Waals surface area contributed by atoms with Crippen molar-refractivity contribution in [1.29, 1.82) is 0 Å². The standard InChI is InChI=1S/C30H29NO4/c1-4-5-6-16-34-23-9-7-8-21(18-23)27-26-28(32)24-17-20(3)12-15-25(24)35-29(26)30(33)31(27)22-13-10-19(2)11-14-22/h7-15,17-18,27H,4-6,16H2,1-3H3. The Labute approximate surface area is 205 Å². The average molecular weight is 468 g/mol. The third kappa shape index (κ3) is 4.23. The molecule has 0 aliphatic carbocycles. The van der Waals surface area contributed by atoms with E-state index < -0.39 is 6.04 Å². The summed E-state index contributed by atoms with van der Waals surface area (Å²) in [5.74, 6) is 0.512. The van der Waals surface area contributed by atoms with Crippen LogP contribution in [0.15, 0.2) is 75.9 Å². The Morgan fingerprint density at radius 1 is 0.914 bits per heavy atom. The third-order valence-corrected chi connectivity index (χ3v) is 6.53. The number of hydrogen-bond donors (Lipinski definition) is 0. The van der Waals surface area contributed by atoms with Crippen LogP contribution in [0, 0.1) is 13.8 Å². The number of hydrogen-bond acceptors (Lipinski definition) is 4. The summed E-state index contributed by atoms with van der Waals surface area (Å²) < 4.78 is 12.1. The van der Waals surface area contributed by atoms with Crippen molar-refractivity contribution in [2.75, 3.05) is 11.5 Å². The molecule has 1 aliphatic heterocycles. The van der Waals surface area contributed by atoms with E-state index in [1.165, 1.54) is 0 Å². The zero-order chi connectivity index (χ0) is 24.5. The molecule has 5 nitrogen and oxygen atoms in total. The Balaban J connectivity index is 1.67. The second kappa shape index (κ2) is 9.41. The molecule has 1 aromatic heterocycles. The van der Waals surface area contributed by atoms with E-state index in [1.54, 1.807) is 11.0 Å². The molecule has 0 radical (unpaired) electrons. The molecule has 1 unspecified atom stereocenters. The van der Waals surface area contributed by atoms with Crippen LogP contribution >= 0.6 is 0 Å². The van der Waals surface area contributed by atoms with Crippen molar-refractivity contribution in [3.63, 3.8) is 0 Å². The first-order chi connectivity index (χ1) is 17.0. The van der Waals surface area contributed by atoms with E-state index in [4.69, 9.17) is 9.15 Å². The number of unbranched alkanes of at least 4 members (excludes halogenated alkanes) is 2. The van der Waals surface area contributed by atoms with E-state index in [0.29, 0.717) is 28.8 Å². The Kier molecular flexibility index (Phi) is 6.16. The van der Waals surface area contributed by atoms with Crippen molar-refractivity contribution in [3.05, 3.63) is 105 Å². The van der Waals surface area contributed by atoms with Crippen LogP contribution in [-0.2, 0) is 0 Å². The molecule has 0 fully saturated rings. The summed E-state index contributed by atoms with van der Waals surface area (Å²) in [5.41, 5.74) is 4.20. The number of carbonyl (C=O) groups is 1. The van der Waals surface area contributed by atoms with Gasteiger partial charge in [-0.25, -0.2) is 0 Å². The Morgan fingerprint density at radius 3 is 2.46 bits per heavy atom. The predicted octanol–water partition coefficient (Wildman–Crippen LogP) is 6.73. The van der Waals surface area contributed by atoms with Gasteiger partial charge in [0, 0.05) is 5.69 Å². The van der Waals surface area contributed by atoms with E-state index in [2.05, 4.69) is 6.92 Å². The van der Waals surface area contributed by atoms with E-state index >= 15 is 0 Å². The number of aryl methyl sites for hydroxylation is 2. The smallest absolute Gasteiger partial charge is 0.295 e. The number of carbonyl (C=O) groups excluding carboxylic acids is 1. The summed E-state index contributed by atoms with van der Waals surface area (Å²) >= 11 is 0. The predicted molar refractivity (Wildman–Crippen MR) is 139 cm³/mol. The van der Waals surface area contributed by atoms with Crippen molar-refractivity contribution in [2.24, 2.45) is 0 Å². The highest BCUT2D eigenvalue weighted by molar-refractivity contribution is 6.10. The normalized spacial score (nSPS) is 15.0. The van der Waals surface area contributed by atoms with Gasteiger partial charge >= 0.3 is 0 Å². The fraction of sp³-hybridized carbons (Fsp3) is 0.267. The first kappa shape index (κ1) is 22.9. The van der Waals surface area contributed by atoms with Gasteiger partial charge in [0.05, 0.1) is 23.6 Å². The molecule has 1 amide bonds. The minimum atomic E-state index is -0.611. The Hall–Kier alpha value is -3.86. The van der Waals surface area contributed by atoms with E-state index in [9.17, 15) is 9.59 Å². The SMILES string of the molecule is CCCCCOc1cccc(C2c3c(oc4ccc(C)cc4c3=O)C(=O)N2c2ccc(C)cc2)c1. The van der Waals surface area contributed by atoms with E-state index in [-0.39, 0.29) is 17.1 Å². The topological polar surface area (TPSA) is 59.8 Å². The van der Waals surface area contributed by atoms with Gasteiger partial charge in [-0.1, -0.05) is 61.2 Å². The Bertz CT molecular complexity index is 1450. The molecule has 0 saturated carbocycles. The van der Waals surface area contributed by atoms with Crippen LogP contribution < -0.4 is 15.1 Å². The van der Waals surface area contributed by atoms with Gasteiger partial charge in [-0.05, 0) is 62.2 Å². The average Bonchev–Trinajstić information content (AvgIpc) is 3.15. The van der Waals surface area contributed by atoms with Gasteiger partial charge in [-0.15, -0.1) is 0 Å². The number of ether oxygens (including phenoxy) is 1. The lowest BCUT2D eigenvalue weighted by Crippen LogP contribution is -2.29. The van der Waals surface area contributed by atoms with Crippen molar-refractivity contribution in [3.8, 4) is 5.75 Å². The van der Waals surface area contributed by atoms with E-state index in [1.807, 2.05) is 74.5 Å². The van der Waals surface area contributed by atoms with Gasteiger partial charge in [0.25, 0.3) is 5.91 Å². The molecule has 178 valence electrons. The van der Waals surface area contributed by atoms with Gasteiger partial charge in [0.2, 0.25) is 5.76 Å². The molecular formula is C30H29NO4. The zero-order valence-electron chi connectivity index (χ0n) is 20.3. The van der Waals surface area contributed by atoms with Crippen LogP contribution in [0.3, 0.4) is 0 Å². The summed E-state index contributed by atoms with van der Waals surface area (Å²) in [6.07, 6.45) is 3.22. The summed E-state index contributed by atoms with van der Waals surface area (Å²) in [7, 11) is 0. The number of rotatable bonds is 7. The molecule has 4 aromatic rings. The second-order valence-corrected chi connectivity index (χ2v) is 9.21. The summed E-state index contributed by atoms with van der Waals surface area (Å²) in [5, 5.41) is 0.485. The molecule has 5 heteroatoms. The maximum atomic E-state index is 13.8. The number of amides is 1. The van der Waals surface area contributed by atoms with Crippen LogP contribution in [0.1, 0.15) is 65.0 Å². The molecule has 0 N–H and O–H groups in total. The van der Waals surface area contributed by atoms with Crippen molar-refractivity contribution in [2.45, 2.75) is 46.1 Å². The quantitative estimate of drug-likeness (QED) is 0.283. The van der Waals surface area contributed by atoms with Crippen LogP contribution in [-0.4, -0.2) is 12.5 Å². The fourth-order valence-corrected chi connectivity index (χ4v) is 4.69. The molecule has 0 bridgehead atoms. The van der Waals surface area contributed by atoms with Gasteiger partial charge in [-0.3, -0.25) is 14.5 Å². The number of fused-ring (bicyclic) bond motifs is 2. The molecule has 0 saturated heterocycles. The number of nitrogens with zero attached hydrogens (tertiary/aromatic N) is 1. The maximum Gasteiger partial charge on any atom is 0.295 e. The highest BCUT2D eigenvalue weighted by atomic mass is 16.5. The highest BCUT2D eigenvalue weighted by Gasteiger charge is 2.43. The largest absolute Gasteiger partial charge is 0.494 e. The lowest BCUT2D eigenvalue weighted by atomic mass is 9.97. The van der Waals surface area contributed by atoms with E-state index in [0.717, 1.165) is 41.7 Å². The molecule has 1 atom stereocenters. The summed E-state index contributed by atoms with van der Waals surface area (Å²) in [4.78, 5) is 29.2. The van der Waals surface area contributed by atoms with Gasteiger partial charge in [-0.2, -0.15) is 0 Å². The lowest BCUT2D eigenvalue weighted by Gasteiger charge is -2.25. The minimum Gasteiger partial charge on any atom is -0.494 e. The molecular weight excluding hydrogens is 438 g/mol. The number of benzene rings is 3. The van der Waals surface area contributed by atoms with Crippen LogP contribution in [0.2, 0.25) is 0 Å². The molecule has 5 rings (SSSR count). The Morgan fingerprint density at radius 2 is 1.69 bits per heavy atom. The van der Waals surface area contributed by atoms with Crippen molar-refractivity contribution < 1.29 is 13.9 Å². The molecule has 2 heterocycles. The fourth-order valence-electron chi connectivity index (χ4n) is 4.69. The van der Waals surface area contributed by atoms with Gasteiger partial charge < -0.3 is 9.15 Å². The third-order valence-electron chi connectivity index (χ3n) is 6.53. The van der Waals surface area contributed by atoms with Gasteiger partial charge in [0.15, 0.2) is 5.43 Å². The maximum absolute atomic E-state index is 13.8. The van der Waals surface area contributed by atoms with Crippen molar-refractivity contribution >= 4 is 22.6 Å². The molecule has 1 aliphatic rings. The summed E-state index contributed by atoms with van der Waals surface area (Å²) in [6, 6.07) is 20.3. The monoisotopic (exact) mass is 467 g/mol. The van der Waals surface area contributed by atoms with Crippen molar-refractivity contribution in [1.82, 2.24) is 0 Å². The summed E-state index contributed by atoms with van der Waals surface area (Å²) in [6.45, 7) is 6.73. The van der Waals surface area contributed by atoms with Gasteiger partial charge in [0.1, 0.15) is 11.3 Å². The number of anilines is 1.